The predicted molar refractivity (Wildman–Crippen MR) is 51.1 cm³/mol. The average Bonchev–Trinajstić information content (AvgIpc) is 2.58. The maximum Gasteiger partial charge on any atom is 0.323 e. The van der Waals surface area contributed by atoms with Gasteiger partial charge in [-0.1, -0.05) is 13.5 Å². The van der Waals surface area contributed by atoms with Crippen LogP contribution in [0.4, 0.5) is 0 Å². The second kappa shape index (κ2) is 2.73. The molecule has 2 aliphatic heterocycles. The van der Waals surface area contributed by atoms with Gasteiger partial charge in [-0.15, -0.1) is 0 Å². The molecule has 1 saturated carbocycles. The number of carbonyl (C=O) groups excluding carboxylic acids is 2. The fraction of sp³-hybridized carbons (Fsp3) is 0.636. The molecule has 1 N–H and O–H groups in total. The summed E-state index contributed by atoms with van der Waals surface area (Å²) in [5.41, 5.74) is -1.25. The maximum absolute atomic E-state index is 11.9. The number of ether oxygens (including phenoxy) is 2. The highest BCUT2D eigenvalue weighted by atomic mass is 16.6. The number of aliphatic hydroxyl groups excluding tert-OH is 1. The normalized spacial score (nSPS) is 50.5. The molecular formula is C11H12O5. The Morgan fingerprint density at radius 1 is 1.50 bits per heavy atom. The largest absolute Gasteiger partial charge is 0.428 e. The minimum absolute atomic E-state index is 0.154. The minimum Gasteiger partial charge on any atom is -0.428 e. The van der Waals surface area contributed by atoms with Crippen molar-refractivity contribution in [3.05, 3.63) is 12.3 Å². The van der Waals surface area contributed by atoms with Crippen LogP contribution in [0.3, 0.4) is 0 Å². The van der Waals surface area contributed by atoms with E-state index in [0.29, 0.717) is 0 Å². The second-order valence-corrected chi connectivity index (χ2v) is 4.71. The first kappa shape index (κ1) is 9.99. The molecule has 86 valence electrons. The monoisotopic (exact) mass is 224 g/mol. The first-order valence-corrected chi connectivity index (χ1v) is 5.27. The fourth-order valence-electron chi connectivity index (χ4n) is 3.15. The van der Waals surface area contributed by atoms with Gasteiger partial charge in [0.1, 0.15) is 23.4 Å². The van der Waals surface area contributed by atoms with Gasteiger partial charge in [-0.3, -0.25) is 9.59 Å². The molecule has 2 bridgehead atoms. The van der Waals surface area contributed by atoms with Crippen molar-refractivity contribution in [1.82, 2.24) is 0 Å². The first-order chi connectivity index (χ1) is 7.49. The third-order valence-corrected chi connectivity index (χ3v) is 4.09. The molecule has 0 aromatic carbocycles. The number of Topliss-reactive ketones (excluding diaryl/α,β-unsaturated/α-hetero) is 1. The SMILES string of the molecule is C=C1OC(=O)[C@@]23C1OC(CC(=O)[C@@H]2O)[C@H]3C. The predicted octanol–water partition coefficient (Wildman–Crippen LogP) is -0.220. The van der Waals surface area contributed by atoms with E-state index >= 15 is 0 Å². The van der Waals surface area contributed by atoms with Crippen molar-refractivity contribution < 1.29 is 24.2 Å². The van der Waals surface area contributed by atoms with E-state index in [1.165, 1.54) is 0 Å². The van der Waals surface area contributed by atoms with Gasteiger partial charge < -0.3 is 14.6 Å². The minimum atomic E-state index is -1.34. The summed E-state index contributed by atoms with van der Waals surface area (Å²) in [7, 11) is 0. The number of esters is 1. The van der Waals surface area contributed by atoms with Gasteiger partial charge in [0.05, 0.1) is 6.10 Å². The molecule has 0 radical (unpaired) electrons. The average molecular weight is 224 g/mol. The summed E-state index contributed by atoms with van der Waals surface area (Å²) in [4.78, 5) is 23.5. The lowest BCUT2D eigenvalue weighted by molar-refractivity contribution is -0.162. The van der Waals surface area contributed by atoms with Gasteiger partial charge in [0.25, 0.3) is 0 Å². The summed E-state index contributed by atoms with van der Waals surface area (Å²) < 4.78 is 10.5. The molecule has 5 nitrogen and oxygen atoms in total. The van der Waals surface area contributed by atoms with Crippen molar-refractivity contribution in [2.24, 2.45) is 11.3 Å². The first-order valence-electron chi connectivity index (χ1n) is 5.27. The van der Waals surface area contributed by atoms with Gasteiger partial charge in [0.15, 0.2) is 5.78 Å². The van der Waals surface area contributed by atoms with Gasteiger partial charge >= 0.3 is 5.97 Å². The number of hydrogen-bond acceptors (Lipinski definition) is 5. The quantitative estimate of drug-likeness (QED) is 0.576. The Labute approximate surface area is 92.0 Å². The molecule has 0 aromatic heterocycles. The standard InChI is InChI=1S/C11H12O5/c1-4-7-3-6(12)8(13)11(4)9(16-7)5(2)15-10(11)14/h4,7-9,13H,2-3H2,1H3/t4-,7?,8+,9?,11-/m1/s1. The number of fused-ring (bicyclic) bond motifs is 1. The molecule has 5 heteroatoms. The Hall–Kier alpha value is -1.20. The Bertz CT molecular complexity index is 415. The summed E-state index contributed by atoms with van der Waals surface area (Å²) in [6.07, 6.45) is -2.17. The Kier molecular flexibility index (Phi) is 1.70. The van der Waals surface area contributed by atoms with E-state index in [1.807, 2.05) is 0 Å². The van der Waals surface area contributed by atoms with Gasteiger partial charge in [-0.2, -0.15) is 0 Å². The number of ketones is 1. The van der Waals surface area contributed by atoms with Gasteiger partial charge in [0.2, 0.25) is 0 Å². The zero-order chi connectivity index (χ0) is 11.7. The smallest absolute Gasteiger partial charge is 0.323 e. The lowest BCUT2D eigenvalue weighted by Crippen LogP contribution is -2.55. The molecular weight excluding hydrogens is 212 g/mol. The third kappa shape index (κ3) is 0.814. The summed E-state index contributed by atoms with van der Waals surface area (Å²) in [6, 6.07) is 0. The highest BCUT2D eigenvalue weighted by Crippen LogP contribution is 2.57. The van der Waals surface area contributed by atoms with Crippen LogP contribution < -0.4 is 0 Å². The van der Waals surface area contributed by atoms with E-state index in [9.17, 15) is 14.7 Å². The van der Waals surface area contributed by atoms with Gasteiger partial charge in [-0.25, -0.2) is 0 Å². The van der Waals surface area contributed by atoms with Crippen LogP contribution in [0.2, 0.25) is 0 Å². The second-order valence-electron chi connectivity index (χ2n) is 4.71. The van der Waals surface area contributed by atoms with Crippen LogP contribution in [0.5, 0.6) is 0 Å². The van der Waals surface area contributed by atoms with Crippen LogP contribution in [0.15, 0.2) is 12.3 Å². The zero-order valence-electron chi connectivity index (χ0n) is 8.80. The Balaban J connectivity index is 2.19. The molecule has 3 rings (SSSR count). The van der Waals surface area contributed by atoms with Crippen molar-refractivity contribution in [1.29, 1.82) is 0 Å². The van der Waals surface area contributed by atoms with Crippen LogP contribution >= 0.6 is 0 Å². The highest BCUT2D eigenvalue weighted by molar-refractivity contribution is 5.96. The lowest BCUT2D eigenvalue weighted by atomic mass is 9.63. The molecule has 2 heterocycles. The van der Waals surface area contributed by atoms with E-state index in [4.69, 9.17) is 9.47 Å². The van der Waals surface area contributed by atoms with Crippen LogP contribution in [0.1, 0.15) is 13.3 Å². The Morgan fingerprint density at radius 2 is 2.19 bits per heavy atom. The maximum atomic E-state index is 11.9. The van der Waals surface area contributed by atoms with Crippen LogP contribution in [-0.2, 0) is 19.1 Å². The van der Waals surface area contributed by atoms with E-state index in [0.717, 1.165) is 0 Å². The van der Waals surface area contributed by atoms with Crippen LogP contribution in [-0.4, -0.2) is 35.2 Å². The lowest BCUT2D eigenvalue weighted by Gasteiger charge is -2.35. The number of cyclic esters (lactones) is 1. The number of aliphatic hydroxyl groups is 1. The molecule has 5 atom stereocenters. The highest BCUT2D eigenvalue weighted by Gasteiger charge is 2.73. The van der Waals surface area contributed by atoms with Crippen molar-refractivity contribution in [3.63, 3.8) is 0 Å². The van der Waals surface area contributed by atoms with E-state index in [1.54, 1.807) is 6.92 Å². The summed E-state index contributed by atoms with van der Waals surface area (Å²) in [5, 5.41) is 10.0. The van der Waals surface area contributed by atoms with Crippen molar-refractivity contribution in [3.8, 4) is 0 Å². The van der Waals surface area contributed by atoms with Crippen LogP contribution in [0, 0.1) is 11.3 Å². The van der Waals surface area contributed by atoms with E-state index in [-0.39, 0.29) is 30.0 Å². The summed E-state index contributed by atoms with van der Waals surface area (Å²) >= 11 is 0. The van der Waals surface area contributed by atoms with Crippen molar-refractivity contribution in [2.75, 3.05) is 0 Å². The zero-order valence-corrected chi connectivity index (χ0v) is 8.80. The summed E-state index contributed by atoms with van der Waals surface area (Å²) in [5.74, 6) is -0.958. The molecule has 1 aliphatic carbocycles. The molecule has 3 aliphatic rings. The number of carbonyl (C=O) groups is 2. The van der Waals surface area contributed by atoms with Gasteiger partial charge in [-0.05, 0) is 0 Å². The third-order valence-electron chi connectivity index (χ3n) is 4.09. The Morgan fingerprint density at radius 3 is 2.88 bits per heavy atom. The molecule has 2 saturated heterocycles. The van der Waals surface area contributed by atoms with E-state index in [2.05, 4.69) is 6.58 Å². The molecule has 16 heavy (non-hydrogen) atoms. The molecule has 1 spiro atoms. The van der Waals surface area contributed by atoms with E-state index < -0.39 is 23.6 Å². The van der Waals surface area contributed by atoms with Crippen molar-refractivity contribution in [2.45, 2.75) is 31.7 Å². The van der Waals surface area contributed by atoms with Gasteiger partial charge in [0, 0.05) is 12.3 Å². The molecule has 0 amide bonds. The number of hydrogen-bond donors (Lipinski definition) is 1. The molecule has 0 aromatic rings. The summed E-state index contributed by atoms with van der Waals surface area (Å²) in [6.45, 7) is 5.41. The molecule has 2 unspecified atom stereocenters. The van der Waals surface area contributed by atoms with Crippen LogP contribution in [0.25, 0.3) is 0 Å². The fourth-order valence-corrected chi connectivity index (χ4v) is 3.15. The number of rotatable bonds is 0. The van der Waals surface area contributed by atoms with Crippen molar-refractivity contribution >= 4 is 11.8 Å². The topological polar surface area (TPSA) is 72.8 Å². The molecule has 3 fully saturated rings.